The van der Waals surface area contributed by atoms with Crippen molar-refractivity contribution in [1.82, 2.24) is 14.9 Å². The van der Waals surface area contributed by atoms with Crippen LogP contribution < -0.4 is 10.2 Å². The molecule has 1 fully saturated rings. The van der Waals surface area contributed by atoms with Gasteiger partial charge in [-0.15, -0.1) is 0 Å². The summed E-state index contributed by atoms with van der Waals surface area (Å²) in [6.07, 6.45) is 2.26. The number of nitro groups is 1. The van der Waals surface area contributed by atoms with Gasteiger partial charge in [0.05, 0.1) is 10.4 Å². The highest BCUT2D eigenvalue weighted by Gasteiger charge is 2.25. The molecule has 2 aromatic carbocycles. The standard InChI is InChI=1S/C20H20N6O3/c27-14-24-6-8-25(9-7-24)18-11-17-16(10-19(18)26(28)29)20(23-13-22-17)21-12-15-4-2-1-3-5-15/h1-5,10-11,13-14H,6-9,12H2,(H,21,22,23). The van der Waals surface area contributed by atoms with Crippen LogP contribution >= 0.6 is 0 Å². The molecule has 0 atom stereocenters. The number of hydrogen-bond donors (Lipinski definition) is 1. The molecule has 0 aliphatic carbocycles. The van der Waals surface area contributed by atoms with Crippen molar-refractivity contribution in [2.75, 3.05) is 36.4 Å². The molecule has 1 aliphatic heterocycles. The van der Waals surface area contributed by atoms with Crippen molar-refractivity contribution in [3.8, 4) is 0 Å². The van der Waals surface area contributed by atoms with Gasteiger partial charge in [0.1, 0.15) is 17.8 Å². The summed E-state index contributed by atoms with van der Waals surface area (Å²) in [7, 11) is 0. The zero-order valence-corrected chi connectivity index (χ0v) is 15.7. The molecule has 2 heterocycles. The van der Waals surface area contributed by atoms with Crippen LogP contribution in [-0.2, 0) is 11.3 Å². The summed E-state index contributed by atoms with van der Waals surface area (Å²) in [5.41, 5.74) is 2.24. The Morgan fingerprint density at radius 1 is 1.10 bits per heavy atom. The molecule has 9 nitrogen and oxygen atoms in total. The molecule has 0 unspecified atom stereocenters. The number of nitrogens with one attached hydrogen (secondary N) is 1. The van der Waals surface area contributed by atoms with Crippen molar-refractivity contribution in [2.24, 2.45) is 0 Å². The lowest BCUT2D eigenvalue weighted by Gasteiger charge is -2.33. The highest BCUT2D eigenvalue weighted by atomic mass is 16.6. The van der Waals surface area contributed by atoms with E-state index in [2.05, 4.69) is 15.3 Å². The molecule has 0 bridgehead atoms. The van der Waals surface area contributed by atoms with Crippen molar-refractivity contribution in [3.63, 3.8) is 0 Å². The van der Waals surface area contributed by atoms with Gasteiger partial charge in [-0.05, 0) is 11.6 Å². The SMILES string of the molecule is O=CN1CCN(c2cc3ncnc(NCc4ccccc4)c3cc2[N+](=O)[O-])CC1. The first-order chi connectivity index (χ1) is 14.2. The molecule has 0 saturated carbocycles. The highest BCUT2D eigenvalue weighted by molar-refractivity contribution is 5.94. The average Bonchev–Trinajstić information content (AvgIpc) is 2.77. The number of hydrogen-bond acceptors (Lipinski definition) is 7. The van der Waals surface area contributed by atoms with E-state index in [1.54, 1.807) is 11.0 Å². The lowest BCUT2D eigenvalue weighted by atomic mass is 10.1. The van der Waals surface area contributed by atoms with Gasteiger partial charge in [-0.3, -0.25) is 14.9 Å². The lowest BCUT2D eigenvalue weighted by Crippen LogP contribution is -2.45. The summed E-state index contributed by atoms with van der Waals surface area (Å²) < 4.78 is 0. The Kier molecular flexibility index (Phi) is 5.19. The van der Waals surface area contributed by atoms with Crippen LogP contribution in [-0.4, -0.2) is 52.4 Å². The predicted molar refractivity (Wildman–Crippen MR) is 110 cm³/mol. The van der Waals surface area contributed by atoms with Crippen LogP contribution in [0, 0.1) is 10.1 Å². The van der Waals surface area contributed by atoms with E-state index in [4.69, 9.17) is 0 Å². The number of fused-ring (bicyclic) bond motifs is 1. The molecule has 29 heavy (non-hydrogen) atoms. The molecular weight excluding hydrogens is 372 g/mol. The second-order valence-electron chi connectivity index (χ2n) is 6.81. The van der Waals surface area contributed by atoms with Gasteiger partial charge in [0.25, 0.3) is 5.69 Å². The van der Waals surface area contributed by atoms with E-state index in [1.165, 1.54) is 12.4 Å². The first-order valence-electron chi connectivity index (χ1n) is 9.31. The van der Waals surface area contributed by atoms with E-state index < -0.39 is 0 Å². The number of benzene rings is 2. The second kappa shape index (κ2) is 8.09. The minimum Gasteiger partial charge on any atom is -0.365 e. The van der Waals surface area contributed by atoms with Gasteiger partial charge in [0, 0.05) is 44.2 Å². The van der Waals surface area contributed by atoms with Crippen LogP contribution in [0.15, 0.2) is 48.8 Å². The van der Waals surface area contributed by atoms with Gasteiger partial charge in [-0.2, -0.15) is 0 Å². The van der Waals surface area contributed by atoms with Gasteiger partial charge in [0.2, 0.25) is 6.41 Å². The lowest BCUT2D eigenvalue weighted by molar-refractivity contribution is -0.384. The van der Waals surface area contributed by atoms with Crippen molar-refractivity contribution in [2.45, 2.75) is 6.54 Å². The summed E-state index contributed by atoms with van der Waals surface area (Å²) in [6.45, 7) is 2.69. The first kappa shape index (κ1) is 18.6. The number of nitro benzene ring substituents is 1. The third-order valence-electron chi connectivity index (χ3n) is 5.04. The molecular formula is C20H20N6O3. The third-order valence-corrected chi connectivity index (χ3v) is 5.04. The van der Waals surface area contributed by atoms with Gasteiger partial charge in [-0.25, -0.2) is 9.97 Å². The number of aromatic nitrogens is 2. The molecule has 1 aliphatic rings. The van der Waals surface area contributed by atoms with Gasteiger partial charge < -0.3 is 15.1 Å². The number of rotatable bonds is 6. The average molecular weight is 392 g/mol. The zero-order chi connectivity index (χ0) is 20.2. The van der Waals surface area contributed by atoms with Crippen molar-refractivity contribution < 1.29 is 9.72 Å². The van der Waals surface area contributed by atoms with E-state index in [1.807, 2.05) is 35.2 Å². The molecule has 4 rings (SSSR count). The quantitative estimate of drug-likeness (QED) is 0.390. The van der Waals surface area contributed by atoms with Gasteiger partial charge in [0.15, 0.2) is 0 Å². The Morgan fingerprint density at radius 3 is 2.55 bits per heavy atom. The second-order valence-corrected chi connectivity index (χ2v) is 6.81. The number of carbonyl (C=O) groups excluding carboxylic acids is 1. The summed E-state index contributed by atoms with van der Waals surface area (Å²) in [5, 5.41) is 15.6. The maximum absolute atomic E-state index is 11.8. The molecule has 1 N–H and O–H groups in total. The van der Waals surface area contributed by atoms with Crippen LogP contribution in [0.2, 0.25) is 0 Å². The Bertz CT molecular complexity index is 1040. The third kappa shape index (κ3) is 3.93. The fraction of sp³-hybridized carbons (Fsp3) is 0.250. The number of anilines is 2. The molecule has 0 radical (unpaired) electrons. The Balaban J connectivity index is 1.67. The minimum absolute atomic E-state index is 0.00890. The maximum Gasteiger partial charge on any atom is 0.293 e. The number of amides is 1. The highest BCUT2D eigenvalue weighted by Crippen LogP contribution is 2.35. The Morgan fingerprint density at radius 2 is 1.86 bits per heavy atom. The number of carbonyl (C=O) groups is 1. The minimum atomic E-state index is -0.380. The summed E-state index contributed by atoms with van der Waals surface area (Å²) in [4.78, 5) is 34.5. The van der Waals surface area contributed by atoms with E-state index in [9.17, 15) is 14.9 Å². The smallest absolute Gasteiger partial charge is 0.293 e. The molecule has 1 aromatic heterocycles. The van der Waals surface area contributed by atoms with E-state index in [-0.39, 0.29) is 10.6 Å². The van der Waals surface area contributed by atoms with Crippen LogP contribution in [0.25, 0.3) is 10.9 Å². The Hall–Kier alpha value is -3.75. The van der Waals surface area contributed by atoms with Crippen molar-refractivity contribution in [1.29, 1.82) is 0 Å². The fourth-order valence-electron chi connectivity index (χ4n) is 3.47. The Labute approximate surface area is 167 Å². The van der Waals surface area contributed by atoms with E-state index in [0.29, 0.717) is 55.1 Å². The van der Waals surface area contributed by atoms with Crippen LogP contribution in [0.4, 0.5) is 17.2 Å². The largest absolute Gasteiger partial charge is 0.365 e. The summed E-state index contributed by atoms with van der Waals surface area (Å²) >= 11 is 0. The van der Waals surface area contributed by atoms with Crippen LogP contribution in [0.1, 0.15) is 5.56 Å². The van der Waals surface area contributed by atoms with E-state index in [0.717, 1.165) is 12.0 Å². The fourth-order valence-corrected chi connectivity index (χ4v) is 3.47. The summed E-state index contributed by atoms with van der Waals surface area (Å²) in [5.74, 6) is 0.555. The molecule has 1 amide bonds. The normalized spacial score (nSPS) is 14.1. The molecule has 0 spiro atoms. The van der Waals surface area contributed by atoms with Gasteiger partial charge in [-0.1, -0.05) is 30.3 Å². The van der Waals surface area contributed by atoms with Crippen molar-refractivity contribution in [3.05, 3.63) is 64.5 Å². The predicted octanol–water partition coefficient (Wildman–Crippen LogP) is 2.43. The number of piperazine rings is 1. The van der Waals surface area contributed by atoms with Gasteiger partial charge >= 0.3 is 0 Å². The molecule has 148 valence electrons. The van der Waals surface area contributed by atoms with E-state index >= 15 is 0 Å². The van der Waals surface area contributed by atoms with Crippen molar-refractivity contribution >= 4 is 34.5 Å². The monoisotopic (exact) mass is 392 g/mol. The maximum atomic E-state index is 11.8. The number of nitrogens with zero attached hydrogens (tertiary/aromatic N) is 5. The first-order valence-corrected chi connectivity index (χ1v) is 9.31. The molecule has 1 saturated heterocycles. The van der Waals surface area contributed by atoms with Crippen LogP contribution in [0.5, 0.6) is 0 Å². The molecule has 9 heteroatoms. The molecule has 3 aromatic rings. The zero-order valence-electron chi connectivity index (χ0n) is 15.7. The summed E-state index contributed by atoms with van der Waals surface area (Å²) in [6, 6.07) is 13.1. The topological polar surface area (TPSA) is 104 Å². The van der Waals surface area contributed by atoms with Crippen LogP contribution in [0.3, 0.4) is 0 Å².